The monoisotopic (exact) mass is 699 g/mol. The van der Waals surface area contributed by atoms with Crippen molar-refractivity contribution in [1.29, 1.82) is 0 Å². The molecule has 4 aromatic rings. The van der Waals surface area contributed by atoms with Crippen LogP contribution in [0.3, 0.4) is 0 Å². The fraction of sp³-hybridized carbons (Fsp3) is 0.351. The average molecular weight is 700 g/mol. The summed E-state index contributed by atoms with van der Waals surface area (Å²) in [5.41, 5.74) is 6.07. The predicted molar refractivity (Wildman–Crippen MR) is 191 cm³/mol. The second-order valence-electron chi connectivity index (χ2n) is 13.3. The number of ether oxygens (including phenoxy) is 1. The summed E-state index contributed by atoms with van der Waals surface area (Å²) in [5, 5.41) is 5.55. The standard InChI is InChI=1S/C37H42N6O6S/c1-25(39-37(46)49-3)36(45)43(2)20-4-5-33(43)34-38-23-32(41-34)29-12-8-27(9-13-29)28-10-14-30(15-11-28)35(44)40-31-16-6-26(7-17-31)24-42-18-21-50(47,48)22-19-42/h6-17,23,25,33H,4-5,18-22,24H2,1-3H3,(H2-,38,39,40,41,44,46)/p+1. The van der Waals surface area contributed by atoms with Crippen LogP contribution in [0.25, 0.3) is 22.4 Å². The van der Waals surface area contributed by atoms with Gasteiger partial charge in [-0.1, -0.05) is 48.5 Å². The van der Waals surface area contributed by atoms with Gasteiger partial charge >= 0.3 is 12.0 Å². The Morgan fingerprint density at radius 2 is 1.58 bits per heavy atom. The lowest BCUT2D eigenvalue weighted by molar-refractivity contribution is -0.854. The zero-order valence-corrected chi connectivity index (χ0v) is 29.3. The highest BCUT2D eigenvalue weighted by Crippen LogP contribution is 2.38. The second-order valence-corrected chi connectivity index (χ2v) is 15.6. The number of likely N-dealkylation sites (tertiary alicyclic amines) is 1. The summed E-state index contributed by atoms with van der Waals surface area (Å²) in [6.45, 7) is 4.08. The second kappa shape index (κ2) is 14.6. The molecule has 2 aliphatic heterocycles. The molecule has 262 valence electrons. The summed E-state index contributed by atoms with van der Waals surface area (Å²) in [5.74, 6) is 0.838. The molecule has 0 spiro atoms. The van der Waals surface area contributed by atoms with Gasteiger partial charge in [0.05, 0.1) is 44.1 Å². The van der Waals surface area contributed by atoms with Crippen molar-refractivity contribution in [1.82, 2.24) is 20.2 Å². The lowest BCUT2D eigenvalue weighted by atomic mass is 10.0. The highest BCUT2D eigenvalue weighted by Gasteiger charge is 2.48. The number of anilines is 1. The number of aromatic amines is 1. The van der Waals surface area contributed by atoms with Crippen molar-refractivity contribution in [3.8, 4) is 22.4 Å². The van der Waals surface area contributed by atoms with Crippen LogP contribution in [0.1, 0.15) is 47.6 Å². The van der Waals surface area contributed by atoms with E-state index in [9.17, 15) is 22.8 Å². The Hall–Kier alpha value is -4.85. The number of nitrogens with one attached hydrogen (secondary N) is 3. The quantitative estimate of drug-likeness (QED) is 0.211. The maximum Gasteiger partial charge on any atom is 0.407 e. The molecule has 0 radical (unpaired) electrons. The molecule has 6 rings (SSSR count). The van der Waals surface area contributed by atoms with Crippen molar-refractivity contribution in [2.45, 2.75) is 38.4 Å². The number of sulfone groups is 1. The van der Waals surface area contributed by atoms with Crippen molar-refractivity contribution in [2.24, 2.45) is 0 Å². The highest BCUT2D eigenvalue weighted by atomic mass is 32.2. The van der Waals surface area contributed by atoms with Crippen molar-refractivity contribution in [2.75, 3.05) is 50.6 Å². The molecule has 3 atom stereocenters. The van der Waals surface area contributed by atoms with Crippen LogP contribution in [0.5, 0.6) is 0 Å². The topological polar surface area (TPSA) is 151 Å². The van der Waals surface area contributed by atoms with E-state index in [0.29, 0.717) is 37.4 Å². The Bertz CT molecular complexity index is 1950. The van der Waals surface area contributed by atoms with Gasteiger partial charge < -0.3 is 20.4 Å². The summed E-state index contributed by atoms with van der Waals surface area (Å²) in [4.78, 5) is 48.3. The zero-order valence-electron chi connectivity index (χ0n) is 28.5. The summed E-state index contributed by atoms with van der Waals surface area (Å²) < 4.78 is 28.2. The van der Waals surface area contributed by atoms with E-state index < -0.39 is 22.0 Å². The maximum atomic E-state index is 13.4. The van der Waals surface area contributed by atoms with Crippen LogP contribution in [-0.2, 0) is 25.9 Å². The Labute approximate surface area is 292 Å². The van der Waals surface area contributed by atoms with E-state index in [1.807, 2.05) is 67.7 Å². The van der Waals surface area contributed by atoms with Gasteiger partial charge in [-0.25, -0.2) is 23.0 Å². The molecule has 3 heterocycles. The molecule has 3 unspecified atom stereocenters. The first-order valence-corrected chi connectivity index (χ1v) is 18.6. The number of hydrogen-bond acceptors (Lipinski definition) is 8. The summed E-state index contributed by atoms with van der Waals surface area (Å²) >= 11 is 0. The van der Waals surface area contributed by atoms with Gasteiger partial charge in [0.15, 0.2) is 21.7 Å². The number of H-pyrrole nitrogens is 1. The van der Waals surface area contributed by atoms with Crippen molar-refractivity contribution < 1.29 is 32.0 Å². The van der Waals surface area contributed by atoms with Gasteiger partial charge in [-0.15, -0.1) is 0 Å². The van der Waals surface area contributed by atoms with Crippen molar-refractivity contribution in [3.05, 3.63) is 95.9 Å². The summed E-state index contributed by atoms with van der Waals surface area (Å²) in [7, 11) is 0.264. The third-order valence-electron chi connectivity index (χ3n) is 9.82. The normalized spacial score (nSPS) is 20.9. The van der Waals surface area contributed by atoms with E-state index in [1.54, 1.807) is 25.3 Å². The summed E-state index contributed by atoms with van der Waals surface area (Å²) in [6.07, 6.45) is 2.83. The van der Waals surface area contributed by atoms with Crippen LogP contribution in [0.2, 0.25) is 0 Å². The molecule has 0 saturated carbocycles. The van der Waals surface area contributed by atoms with Gasteiger partial charge in [0.1, 0.15) is 6.04 Å². The van der Waals surface area contributed by atoms with Crippen molar-refractivity contribution in [3.63, 3.8) is 0 Å². The molecule has 0 aliphatic carbocycles. The van der Waals surface area contributed by atoms with Crippen LogP contribution < -0.4 is 10.6 Å². The first-order valence-electron chi connectivity index (χ1n) is 16.8. The number of likely N-dealkylation sites (N-methyl/N-ethyl adjacent to an activating group) is 1. The van der Waals surface area contributed by atoms with E-state index in [4.69, 9.17) is 0 Å². The smallest absolute Gasteiger partial charge is 0.407 e. The molecule has 3 aromatic carbocycles. The molecule has 3 N–H and O–H groups in total. The Balaban J connectivity index is 1.05. The number of benzene rings is 3. The van der Waals surface area contributed by atoms with Gasteiger partial charge in [-0.2, -0.15) is 0 Å². The molecule has 1 aromatic heterocycles. The fourth-order valence-electron chi connectivity index (χ4n) is 6.84. The third kappa shape index (κ3) is 7.80. The van der Waals surface area contributed by atoms with E-state index in [0.717, 1.165) is 46.6 Å². The molecule has 2 aliphatic rings. The number of carbonyl (C=O) groups excluding carboxylic acids is 3. The SMILES string of the molecule is COC(=O)NC(C)C(=O)[N+]1(C)CCCC1c1ncc(-c2ccc(-c3ccc(C(=O)Nc4ccc(CN5CCS(=O)(=O)CC5)cc4)cc3)cc2)[nH]1. The number of imidazole rings is 1. The molecule has 3 amide bonds. The van der Waals surface area contributed by atoms with Crippen LogP contribution in [0, 0.1) is 0 Å². The van der Waals surface area contributed by atoms with Gasteiger partial charge in [0.2, 0.25) is 0 Å². The molecule has 13 heteroatoms. The van der Waals surface area contributed by atoms with E-state index in [2.05, 4.69) is 30.2 Å². The molecular formula is C37H43N6O6S+. The molecule has 50 heavy (non-hydrogen) atoms. The van der Waals surface area contributed by atoms with Gasteiger partial charge in [-0.3, -0.25) is 14.2 Å². The van der Waals surface area contributed by atoms with Crippen molar-refractivity contribution >= 4 is 33.4 Å². The Kier molecular flexibility index (Phi) is 10.2. The number of aromatic nitrogens is 2. The van der Waals surface area contributed by atoms with Gasteiger partial charge in [-0.05, 0) is 53.4 Å². The third-order valence-corrected chi connectivity index (χ3v) is 11.4. The lowest BCUT2D eigenvalue weighted by Gasteiger charge is -2.34. The first-order chi connectivity index (χ1) is 23.9. The predicted octanol–water partition coefficient (Wildman–Crippen LogP) is 4.78. The number of alkyl carbamates (subject to hydrolysis) is 1. The number of hydrogen-bond donors (Lipinski definition) is 3. The maximum absolute atomic E-state index is 13.4. The Morgan fingerprint density at radius 3 is 2.22 bits per heavy atom. The number of quaternary nitrogens is 1. The number of methoxy groups -OCH3 is 1. The van der Waals surface area contributed by atoms with E-state index in [-0.39, 0.29) is 33.8 Å². The largest absolute Gasteiger partial charge is 0.453 e. The molecule has 12 nitrogen and oxygen atoms in total. The molecule has 2 fully saturated rings. The fourth-order valence-corrected chi connectivity index (χ4v) is 8.11. The number of rotatable bonds is 9. The van der Waals surface area contributed by atoms with E-state index in [1.165, 1.54) is 7.11 Å². The van der Waals surface area contributed by atoms with Crippen LogP contribution in [-0.4, -0.2) is 97.0 Å². The minimum atomic E-state index is -2.91. The average Bonchev–Trinajstić information content (AvgIpc) is 3.77. The van der Waals surface area contributed by atoms with Gasteiger partial charge in [0, 0.05) is 43.7 Å². The minimum absolute atomic E-state index is 0.0927. The molecule has 2 saturated heterocycles. The first kappa shape index (κ1) is 35.0. The number of carbonyl (C=O) groups is 3. The Morgan fingerprint density at radius 1 is 0.960 bits per heavy atom. The van der Waals surface area contributed by atoms with Crippen LogP contribution in [0.15, 0.2) is 79.0 Å². The van der Waals surface area contributed by atoms with Gasteiger partial charge in [0.25, 0.3) is 5.91 Å². The molecular weight excluding hydrogens is 657 g/mol. The van der Waals surface area contributed by atoms with Crippen LogP contribution >= 0.6 is 0 Å². The van der Waals surface area contributed by atoms with E-state index >= 15 is 0 Å². The zero-order chi connectivity index (χ0) is 35.5. The number of amides is 3. The lowest BCUT2D eigenvalue weighted by Crippen LogP contribution is -2.56. The molecule has 0 bridgehead atoms. The highest BCUT2D eigenvalue weighted by molar-refractivity contribution is 7.91. The summed E-state index contributed by atoms with van der Waals surface area (Å²) in [6, 6.07) is 22.3. The van der Waals surface area contributed by atoms with Crippen LogP contribution in [0.4, 0.5) is 10.5 Å². The number of nitrogens with zero attached hydrogens (tertiary/aromatic N) is 3. The minimum Gasteiger partial charge on any atom is -0.453 e.